The van der Waals surface area contributed by atoms with Crippen molar-refractivity contribution in [3.8, 4) is 5.75 Å². The standard InChI is InChI=1S/C8H8N2O5.C7H6O2S.C2H3N3S2/c9-8(11)15-7-3-1-6(2-4-7)5-14-10(12)13;8-7(9)5-1-3-6(10)4-2-5;3-1-4-5-2(6)7-1/h1-4H,5H2,(H2,9,11);1-4,10H,(H,8,9);(H2,3,4)(H,5,6). The number of benzene rings is 2. The van der Waals surface area contributed by atoms with Gasteiger partial charge in [-0.3, -0.25) is 5.10 Å². The van der Waals surface area contributed by atoms with Gasteiger partial charge in [-0.2, -0.15) is 0 Å². The van der Waals surface area contributed by atoms with Crippen LogP contribution in [-0.4, -0.2) is 32.5 Å². The van der Waals surface area contributed by atoms with Crippen molar-refractivity contribution in [3.63, 3.8) is 0 Å². The van der Waals surface area contributed by atoms with Crippen LogP contribution >= 0.6 is 36.2 Å². The Morgan fingerprint density at radius 2 is 1.81 bits per heavy atom. The van der Waals surface area contributed by atoms with Gasteiger partial charge in [0, 0.05) is 4.90 Å². The maximum Gasteiger partial charge on any atom is 0.409 e. The van der Waals surface area contributed by atoms with E-state index in [1.165, 1.54) is 47.7 Å². The van der Waals surface area contributed by atoms with Gasteiger partial charge in [-0.1, -0.05) is 23.5 Å². The number of carbonyl (C=O) groups is 2. The number of anilines is 1. The van der Waals surface area contributed by atoms with Gasteiger partial charge in [0.05, 0.1) is 5.56 Å². The summed E-state index contributed by atoms with van der Waals surface area (Å²) in [6.07, 6.45) is -0.913. The second-order valence-electron chi connectivity index (χ2n) is 5.37. The third kappa shape index (κ3) is 11.5. The van der Waals surface area contributed by atoms with E-state index in [0.29, 0.717) is 14.6 Å². The number of hydrogen-bond acceptors (Lipinski definition) is 11. The number of nitrogen functional groups attached to an aromatic ring is 1. The zero-order valence-corrected chi connectivity index (χ0v) is 18.6. The number of hydrogen-bond donors (Lipinski definition) is 5. The second kappa shape index (κ2) is 13.6. The number of carboxylic acid groups (broad SMARTS) is 1. The van der Waals surface area contributed by atoms with Crippen molar-refractivity contribution in [2.75, 3.05) is 5.73 Å². The molecular formula is C17H17N5O7S3. The first kappa shape index (κ1) is 26.3. The van der Waals surface area contributed by atoms with Gasteiger partial charge in [0.15, 0.2) is 3.95 Å². The molecule has 12 nitrogen and oxygen atoms in total. The zero-order chi connectivity index (χ0) is 24.1. The van der Waals surface area contributed by atoms with Crippen LogP contribution in [0.25, 0.3) is 0 Å². The number of rotatable bonds is 5. The van der Waals surface area contributed by atoms with E-state index < -0.39 is 17.1 Å². The topological polar surface area (TPSA) is 197 Å². The summed E-state index contributed by atoms with van der Waals surface area (Å²) in [5.41, 5.74) is 10.9. The molecule has 0 spiro atoms. The molecule has 0 aliphatic carbocycles. The Labute approximate surface area is 195 Å². The van der Waals surface area contributed by atoms with Gasteiger partial charge in [-0.25, -0.2) is 9.59 Å². The van der Waals surface area contributed by atoms with Crippen LogP contribution in [0.4, 0.5) is 9.93 Å². The summed E-state index contributed by atoms with van der Waals surface area (Å²) in [5.74, 6) is -0.638. The molecule has 0 aliphatic heterocycles. The molecule has 1 amide bonds. The normalized spacial score (nSPS) is 9.28. The van der Waals surface area contributed by atoms with Gasteiger partial charge in [0.25, 0.3) is 5.09 Å². The smallest absolute Gasteiger partial charge is 0.409 e. The van der Waals surface area contributed by atoms with E-state index in [1.54, 1.807) is 12.1 Å². The van der Waals surface area contributed by atoms with Crippen LogP contribution in [0.15, 0.2) is 53.4 Å². The Balaban J connectivity index is 0.000000259. The molecule has 0 unspecified atom stereocenters. The molecule has 0 radical (unpaired) electrons. The summed E-state index contributed by atoms with van der Waals surface area (Å²) in [6, 6.07) is 12.3. The van der Waals surface area contributed by atoms with Gasteiger partial charge < -0.3 is 26.1 Å². The van der Waals surface area contributed by atoms with Gasteiger partial charge in [-0.15, -0.1) is 27.8 Å². The van der Waals surface area contributed by atoms with Crippen LogP contribution in [0.5, 0.6) is 5.75 Å². The number of aromatic carboxylic acids is 1. The largest absolute Gasteiger partial charge is 0.478 e. The first-order valence-electron chi connectivity index (χ1n) is 8.23. The molecule has 0 fully saturated rings. The Morgan fingerprint density at radius 1 is 1.22 bits per heavy atom. The molecule has 32 heavy (non-hydrogen) atoms. The van der Waals surface area contributed by atoms with Crippen molar-refractivity contribution in [2.24, 2.45) is 5.73 Å². The van der Waals surface area contributed by atoms with E-state index in [2.05, 4.69) is 44.6 Å². The highest BCUT2D eigenvalue weighted by Crippen LogP contribution is 2.12. The first-order chi connectivity index (χ1) is 15.1. The molecule has 0 atom stereocenters. The van der Waals surface area contributed by atoms with Crippen molar-refractivity contribution >= 4 is 53.4 Å². The summed E-state index contributed by atoms with van der Waals surface area (Å²) < 4.78 is 5.18. The number of ether oxygens (including phenoxy) is 1. The fourth-order valence-corrected chi connectivity index (χ4v) is 2.57. The number of carbonyl (C=O) groups excluding carboxylic acids is 1. The number of aromatic nitrogens is 2. The monoisotopic (exact) mass is 499 g/mol. The van der Waals surface area contributed by atoms with E-state index in [-0.39, 0.29) is 17.9 Å². The number of nitrogens with one attached hydrogen (secondary N) is 1. The van der Waals surface area contributed by atoms with Crippen molar-refractivity contribution in [2.45, 2.75) is 11.5 Å². The Morgan fingerprint density at radius 3 is 2.19 bits per heavy atom. The van der Waals surface area contributed by atoms with Crippen LogP contribution in [0.2, 0.25) is 0 Å². The Hall–Kier alpha value is -3.69. The molecule has 0 aliphatic rings. The average molecular weight is 500 g/mol. The van der Waals surface area contributed by atoms with E-state index >= 15 is 0 Å². The average Bonchev–Trinajstić information content (AvgIpc) is 3.11. The van der Waals surface area contributed by atoms with Crippen molar-refractivity contribution in [3.05, 3.63) is 73.7 Å². The lowest BCUT2D eigenvalue weighted by molar-refractivity contribution is -0.763. The fraction of sp³-hybridized carbons (Fsp3) is 0.0588. The highest BCUT2D eigenvalue weighted by atomic mass is 32.1. The minimum absolute atomic E-state index is 0.149. The zero-order valence-electron chi connectivity index (χ0n) is 16.0. The van der Waals surface area contributed by atoms with E-state index in [1.807, 2.05) is 0 Å². The molecular weight excluding hydrogens is 482 g/mol. The molecule has 1 aromatic heterocycles. The lowest BCUT2D eigenvalue weighted by atomic mass is 10.2. The van der Waals surface area contributed by atoms with Crippen molar-refractivity contribution < 1.29 is 29.4 Å². The van der Waals surface area contributed by atoms with Crippen molar-refractivity contribution in [1.29, 1.82) is 0 Å². The van der Waals surface area contributed by atoms with E-state index in [0.717, 1.165) is 4.90 Å². The Kier molecular flexibility index (Phi) is 11.2. The van der Waals surface area contributed by atoms with Crippen LogP contribution in [0.1, 0.15) is 15.9 Å². The van der Waals surface area contributed by atoms with E-state index in [4.69, 9.17) is 16.6 Å². The maximum absolute atomic E-state index is 10.4. The number of aromatic amines is 1. The summed E-state index contributed by atoms with van der Waals surface area (Å²) in [7, 11) is 0. The lowest BCUT2D eigenvalue weighted by Crippen LogP contribution is -2.16. The number of nitrogens with zero attached hydrogens (tertiary/aromatic N) is 2. The second-order valence-corrected chi connectivity index (χ2v) is 7.58. The summed E-state index contributed by atoms with van der Waals surface area (Å²) in [5, 5.41) is 24.1. The highest BCUT2D eigenvalue weighted by molar-refractivity contribution is 7.80. The van der Waals surface area contributed by atoms with Crippen LogP contribution < -0.4 is 16.2 Å². The molecule has 1 heterocycles. The van der Waals surface area contributed by atoms with Crippen LogP contribution in [-0.2, 0) is 11.4 Å². The number of primary amides is 1. The molecule has 3 rings (SSSR count). The number of thiol groups is 1. The van der Waals surface area contributed by atoms with Gasteiger partial charge in [-0.05, 0) is 54.2 Å². The first-order valence-corrected chi connectivity index (χ1v) is 9.91. The molecule has 3 aromatic rings. The quantitative estimate of drug-likeness (QED) is 0.150. The number of nitrogens with two attached hydrogens (primary N) is 2. The van der Waals surface area contributed by atoms with Crippen LogP contribution in [0, 0.1) is 14.1 Å². The minimum atomic E-state index is -0.913. The van der Waals surface area contributed by atoms with Gasteiger partial charge in [0.2, 0.25) is 5.13 Å². The summed E-state index contributed by atoms with van der Waals surface area (Å²) >= 11 is 9.93. The SMILES string of the molecule is NC(=O)Oc1ccc(CO[N+](=O)[O-])cc1.Nc1n[nH]c(=S)s1.O=C(O)c1ccc(S)cc1. The summed E-state index contributed by atoms with van der Waals surface area (Å²) in [4.78, 5) is 35.4. The molecule has 15 heteroatoms. The highest BCUT2D eigenvalue weighted by Gasteiger charge is 2.01. The minimum Gasteiger partial charge on any atom is -0.478 e. The van der Waals surface area contributed by atoms with Gasteiger partial charge in [0.1, 0.15) is 12.4 Å². The molecule has 170 valence electrons. The maximum atomic E-state index is 10.4. The molecule has 0 saturated carbocycles. The molecule has 0 saturated heterocycles. The number of amides is 1. The van der Waals surface area contributed by atoms with Crippen molar-refractivity contribution in [1.82, 2.24) is 10.2 Å². The predicted molar refractivity (Wildman–Crippen MR) is 121 cm³/mol. The molecule has 2 aromatic carbocycles. The van der Waals surface area contributed by atoms with Crippen LogP contribution in [0.3, 0.4) is 0 Å². The lowest BCUT2D eigenvalue weighted by Gasteiger charge is -2.02. The predicted octanol–water partition coefficient (Wildman–Crippen LogP) is 3.31. The number of carboxylic acids is 1. The Bertz CT molecular complexity index is 1080. The third-order valence-corrected chi connectivity index (χ3v) is 4.26. The summed E-state index contributed by atoms with van der Waals surface area (Å²) in [6.45, 7) is -0.149. The van der Waals surface area contributed by atoms with E-state index in [9.17, 15) is 19.7 Å². The fourth-order valence-electron chi connectivity index (χ4n) is 1.74. The third-order valence-electron chi connectivity index (χ3n) is 3.05. The molecule has 0 bridgehead atoms. The van der Waals surface area contributed by atoms with Gasteiger partial charge >= 0.3 is 12.1 Å². The number of H-pyrrole nitrogens is 1. The molecule has 6 N–H and O–H groups in total.